The van der Waals surface area contributed by atoms with Crippen molar-refractivity contribution in [3.05, 3.63) is 89.7 Å². The lowest BCUT2D eigenvalue weighted by Crippen LogP contribution is -2.20. The molecule has 10 heteroatoms. The maximum Gasteiger partial charge on any atom is 0.573 e. The average Bonchev–Trinajstić information content (AvgIpc) is 3.36. The molecule has 0 fully saturated rings. The molecule has 3 aromatic carbocycles. The molecule has 0 amide bonds. The Morgan fingerprint density at radius 1 is 1.03 bits per heavy atom. The monoisotopic (exact) mass is 541 g/mol. The Morgan fingerprint density at radius 2 is 1.71 bits per heavy atom. The molecule has 0 aliphatic carbocycles. The van der Waals surface area contributed by atoms with E-state index in [0.717, 1.165) is 30.5 Å². The average molecular weight is 542 g/mol. The summed E-state index contributed by atoms with van der Waals surface area (Å²) in [7, 11) is 0. The van der Waals surface area contributed by atoms with Crippen molar-refractivity contribution in [1.29, 1.82) is 0 Å². The first-order chi connectivity index (χ1) is 18.1. The zero-order valence-electron chi connectivity index (χ0n) is 21.4. The van der Waals surface area contributed by atoms with Crippen LogP contribution in [0.25, 0.3) is 17.1 Å². The van der Waals surface area contributed by atoms with Crippen molar-refractivity contribution in [3.63, 3.8) is 0 Å². The SMILES string of the molecule is CCCc1ccc(-c2ncn(-c3ccc(OC(F)(F)F)cc3)n2)cc1.CCc1cccc(C)c1NC(N)=S. The Hall–Kier alpha value is -3.92. The number of thiocarbonyl (C=S) groups is 1. The molecule has 0 unspecified atom stereocenters. The highest BCUT2D eigenvalue weighted by Crippen LogP contribution is 2.24. The molecular formula is C28H30F3N5OS. The number of benzene rings is 3. The van der Waals surface area contributed by atoms with Crippen LogP contribution in [-0.4, -0.2) is 26.2 Å². The van der Waals surface area contributed by atoms with Crippen LogP contribution in [0.4, 0.5) is 18.9 Å². The topological polar surface area (TPSA) is 78.0 Å². The molecule has 0 saturated heterocycles. The summed E-state index contributed by atoms with van der Waals surface area (Å²) in [6, 6.07) is 19.6. The van der Waals surface area contributed by atoms with Crippen molar-refractivity contribution in [3.8, 4) is 22.8 Å². The molecule has 0 bridgehead atoms. The number of para-hydroxylation sites is 1. The van der Waals surface area contributed by atoms with Crippen LogP contribution < -0.4 is 15.8 Å². The second-order valence-electron chi connectivity index (χ2n) is 8.45. The summed E-state index contributed by atoms with van der Waals surface area (Å²) in [5, 5.41) is 7.70. The predicted molar refractivity (Wildman–Crippen MR) is 148 cm³/mol. The minimum atomic E-state index is -4.70. The number of nitrogens with one attached hydrogen (secondary N) is 1. The molecule has 38 heavy (non-hydrogen) atoms. The molecule has 0 radical (unpaired) electrons. The van der Waals surface area contributed by atoms with Gasteiger partial charge in [0.25, 0.3) is 0 Å². The first kappa shape index (κ1) is 28.6. The van der Waals surface area contributed by atoms with Crippen LogP contribution in [0, 0.1) is 6.92 Å². The molecule has 0 saturated carbocycles. The van der Waals surface area contributed by atoms with E-state index in [9.17, 15) is 13.2 Å². The lowest BCUT2D eigenvalue weighted by Gasteiger charge is -2.12. The van der Waals surface area contributed by atoms with Gasteiger partial charge in [-0.05, 0) is 72.9 Å². The van der Waals surface area contributed by atoms with E-state index in [1.807, 2.05) is 43.3 Å². The Labute approximate surface area is 225 Å². The highest BCUT2D eigenvalue weighted by Gasteiger charge is 2.31. The quantitative estimate of drug-likeness (QED) is 0.245. The molecule has 0 aliphatic heterocycles. The van der Waals surface area contributed by atoms with E-state index in [2.05, 4.69) is 40.1 Å². The summed E-state index contributed by atoms with van der Waals surface area (Å²) < 4.78 is 41.9. The molecular weight excluding hydrogens is 511 g/mol. The number of hydrogen-bond acceptors (Lipinski definition) is 4. The summed E-state index contributed by atoms with van der Waals surface area (Å²) in [6.45, 7) is 6.28. The summed E-state index contributed by atoms with van der Waals surface area (Å²) in [5.74, 6) is 0.279. The van der Waals surface area contributed by atoms with Crippen LogP contribution in [-0.2, 0) is 12.8 Å². The lowest BCUT2D eigenvalue weighted by molar-refractivity contribution is -0.274. The molecule has 0 aliphatic rings. The number of rotatable bonds is 7. The minimum absolute atomic E-state index is 0.275. The van der Waals surface area contributed by atoms with E-state index in [0.29, 0.717) is 16.6 Å². The molecule has 4 rings (SSSR count). The van der Waals surface area contributed by atoms with Gasteiger partial charge in [-0.15, -0.1) is 18.3 Å². The number of aromatic nitrogens is 3. The first-order valence-electron chi connectivity index (χ1n) is 12.1. The van der Waals surface area contributed by atoms with Crippen LogP contribution >= 0.6 is 12.2 Å². The number of aryl methyl sites for hydroxylation is 3. The third kappa shape index (κ3) is 8.31. The third-order valence-corrected chi connectivity index (χ3v) is 5.67. The molecule has 3 N–H and O–H groups in total. The van der Waals surface area contributed by atoms with E-state index in [1.54, 1.807) is 0 Å². The number of anilines is 1. The Bertz CT molecular complexity index is 1340. The van der Waals surface area contributed by atoms with E-state index < -0.39 is 6.36 Å². The maximum atomic E-state index is 12.2. The fourth-order valence-electron chi connectivity index (χ4n) is 3.75. The van der Waals surface area contributed by atoms with Gasteiger partial charge in [-0.3, -0.25) is 0 Å². The van der Waals surface area contributed by atoms with Gasteiger partial charge in [0, 0.05) is 11.3 Å². The van der Waals surface area contributed by atoms with Crippen molar-refractivity contribution < 1.29 is 17.9 Å². The number of nitrogens with two attached hydrogens (primary N) is 1. The van der Waals surface area contributed by atoms with Crippen molar-refractivity contribution >= 4 is 23.0 Å². The van der Waals surface area contributed by atoms with Gasteiger partial charge < -0.3 is 15.8 Å². The second-order valence-corrected chi connectivity index (χ2v) is 8.89. The Morgan fingerprint density at radius 3 is 2.29 bits per heavy atom. The molecule has 0 spiro atoms. The van der Waals surface area contributed by atoms with E-state index in [1.165, 1.54) is 52.0 Å². The van der Waals surface area contributed by atoms with Gasteiger partial charge in [0.05, 0.1) is 5.69 Å². The van der Waals surface area contributed by atoms with Gasteiger partial charge in [0.15, 0.2) is 10.9 Å². The highest BCUT2D eigenvalue weighted by atomic mass is 32.1. The minimum Gasteiger partial charge on any atom is -0.406 e. The highest BCUT2D eigenvalue weighted by molar-refractivity contribution is 7.80. The molecule has 1 heterocycles. The van der Waals surface area contributed by atoms with Crippen LogP contribution in [0.1, 0.15) is 37.0 Å². The largest absolute Gasteiger partial charge is 0.573 e. The van der Waals surface area contributed by atoms with Gasteiger partial charge in [-0.2, -0.15) is 0 Å². The summed E-state index contributed by atoms with van der Waals surface area (Å²) >= 11 is 4.81. The van der Waals surface area contributed by atoms with E-state index in [-0.39, 0.29) is 5.75 Å². The fourth-order valence-corrected chi connectivity index (χ4v) is 3.86. The normalized spacial score (nSPS) is 10.9. The van der Waals surface area contributed by atoms with E-state index in [4.69, 9.17) is 18.0 Å². The van der Waals surface area contributed by atoms with Gasteiger partial charge in [0.2, 0.25) is 0 Å². The van der Waals surface area contributed by atoms with Crippen molar-refractivity contribution in [2.45, 2.75) is 46.4 Å². The van der Waals surface area contributed by atoms with Crippen molar-refractivity contribution in [1.82, 2.24) is 14.8 Å². The van der Waals surface area contributed by atoms with Crippen molar-refractivity contribution in [2.75, 3.05) is 5.32 Å². The van der Waals surface area contributed by atoms with Gasteiger partial charge >= 0.3 is 6.36 Å². The fraction of sp³-hybridized carbons (Fsp3) is 0.250. The second kappa shape index (κ2) is 13.0. The molecule has 0 atom stereocenters. The van der Waals surface area contributed by atoms with Crippen molar-refractivity contribution in [2.24, 2.45) is 5.73 Å². The number of alkyl halides is 3. The predicted octanol–water partition coefficient (Wildman–Crippen LogP) is 7.00. The molecule has 200 valence electrons. The van der Waals surface area contributed by atoms with Gasteiger partial charge in [-0.25, -0.2) is 9.67 Å². The molecule has 1 aromatic heterocycles. The number of halogens is 3. The molecule has 4 aromatic rings. The zero-order valence-corrected chi connectivity index (χ0v) is 22.2. The number of ether oxygens (including phenoxy) is 1. The molecule has 6 nitrogen and oxygen atoms in total. The van der Waals surface area contributed by atoms with Crippen LogP contribution in [0.3, 0.4) is 0 Å². The van der Waals surface area contributed by atoms with Crippen LogP contribution in [0.5, 0.6) is 5.75 Å². The number of nitrogens with zero attached hydrogens (tertiary/aromatic N) is 3. The standard InChI is InChI=1S/C18H16F3N3O.C10H14N2S/c1-2-3-13-4-6-14(7-5-13)17-22-12-24(23-17)15-8-10-16(11-9-15)25-18(19,20)21;1-3-8-6-4-5-7(2)9(8)12-10(11)13/h4-12H,2-3H2,1H3;4-6H,3H2,1-2H3,(H3,11,12,13). The number of hydrogen-bond donors (Lipinski definition) is 2. The third-order valence-electron chi connectivity index (χ3n) is 5.57. The Balaban J connectivity index is 0.000000260. The van der Waals surface area contributed by atoms with E-state index >= 15 is 0 Å². The zero-order chi connectivity index (χ0) is 27.7. The maximum absolute atomic E-state index is 12.2. The van der Waals surface area contributed by atoms with Gasteiger partial charge in [0.1, 0.15) is 12.1 Å². The summed E-state index contributed by atoms with van der Waals surface area (Å²) in [6.07, 6.45) is -0.0951. The summed E-state index contributed by atoms with van der Waals surface area (Å²) in [4.78, 5) is 4.26. The summed E-state index contributed by atoms with van der Waals surface area (Å²) in [5.41, 5.74) is 11.6. The first-order valence-corrected chi connectivity index (χ1v) is 12.5. The smallest absolute Gasteiger partial charge is 0.406 e. The van der Waals surface area contributed by atoms with Crippen LogP contribution in [0.15, 0.2) is 73.1 Å². The van der Waals surface area contributed by atoms with Gasteiger partial charge in [-0.1, -0.05) is 62.7 Å². The lowest BCUT2D eigenvalue weighted by atomic mass is 10.1. The Kier molecular flexibility index (Phi) is 9.84. The van der Waals surface area contributed by atoms with Crippen LogP contribution in [0.2, 0.25) is 0 Å².